The van der Waals surface area contributed by atoms with E-state index in [9.17, 15) is 4.79 Å². The first-order valence-electron chi connectivity index (χ1n) is 9.75. The SMILES string of the molecule is CN=C(NCCCN1CCCCC1C)NCc1ccc(NC(=O)OC)cc1.I. The van der Waals surface area contributed by atoms with Crippen LogP contribution < -0.4 is 16.0 Å². The average molecular weight is 503 g/mol. The van der Waals surface area contributed by atoms with E-state index in [2.05, 4.69) is 37.5 Å². The zero-order valence-corrected chi connectivity index (χ0v) is 19.5. The normalized spacial score (nSPS) is 17.4. The average Bonchev–Trinajstić information content (AvgIpc) is 2.69. The number of amides is 1. The maximum absolute atomic E-state index is 11.2. The number of carbonyl (C=O) groups excluding carboxylic acids is 1. The summed E-state index contributed by atoms with van der Waals surface area (Å²) < 4.78 is 4.58. The maximum atomic E-state index is 11.2. The quantitative estimate of drug-likeness (QED) is 0.230. The number of ether oxygens (including phenoxy) is 1. The van der Waals surface area contributed by atoms with Gasteiger partial charge >= 0.3 is 6.09 Å². The third kappa shape index (κ3) is 8.64. The van der Waals surface area contributed by atoms with Crippen LogP contribution in [0.15, 0.2) is 29.3 Å². The lowest BCUT2D eigenvalue weighted by atomic mass is 10.0. The van der Waals surface area contributed by atoms with E-state index in [0.29, 0.717) is 18.3 Å². The molecule has 1 aliphatic heterocycles. The van der Waals surface area contributed by atoms with E-state index < -0.39 is 6.09 Å². The minimum Gasteiger partial charge on any atom is -0.453 e. The Bertz CT molecular complexity index is 609. The first-order valence-corrected chi connectivity index (χ1v) is 9.75. The van der Waals surface area contributed by atoms with Gasteiger partial charge in [-0.25, -0.2) is 4.79 Å². The molecule has 1 aromatic rings. The Morgan fingerprint density at radius 3 is 2.64 bits per heavy atom. The van der Waals surface area contributed by atoms with Crippen LogP contribution in [0.2, 0.25) is 0 Å². The molecule has 1 amide bonds. The van der Waals surface area contributed by atoms with E-state index in [1.54, 1.807) is 7.05 Å². The maximum Gasteiger partial charge on any atom is 0.411 e. The lowest BCUT2D eigenvalue weighted by molar-refractivity contribution is 0.159. The zero-order chi connectivity index (χ0) is 19.5. The number of aliphatic imine (C=N–C) groups is 1. The number of methoxy groups -OCH3 is 1. The van der Waals surface area contributed by atoms with E-state index in [-0.39, 0.29) is 24.0 Å². The van der Waals surface area contributed by atoms with Crippen LogP contribution in [0, 0.1) is 0 Å². The molecule has 3 N–H and O–H groups in total. The molecular formula is C20H34IN5O2. The second-order valence-electron chi connectivity index (χ2n) is 6.90. The molecule has 0 bridgehead atoms. The fraction of sp³-hybridized carbons (Fsp3) is 0.600. The molecule has 1 fully saturated rings. The van der Waals surface area contributed by atoms with Crippen molar-refractivity contribution in [3.63, 3.8) is 0 Å². The standard InChI is InChI=1S/C20H33N5O2.HI/c1-16-7-4-5-13-25(16)14-6-12-22-19(21-2)23-15-17-8-10-18(11-9-17)24-20(26)27-3;/h8-11,16H,4-7,12-15H2,1-3H3,(H,24,26)(H2,21,22,23);1H. The van der Waals surface area contributed by atoms with E-state index in [0.717, 1.165) is 31.0 Å². The van der Waals surface area contributed by atoms with E-state index in [1.807, 2.05) is 24.3 Å². The first kappa shape index (κ1) is 24.5. The molecule has 1 saturated heterocycles. The van der Waals surface area contributed by atoms with Gasteiger partial charge in [-0.1, -0.05) is 18.6 Å². The number of anilines is 1. The van der Waals surface area contributed by atoms with Gasteiger partial charge in [0.05, 0.1) is 7.11 Å². The predicted molar refractivity (Wildman–Crippen MR) is 126 cm³/mol. The van der Waals surface area contributed by atoms with Crippen molar-refractivity contribution in [1.82, 2.24) is 15.5 Å². The molecule has 1 unspecified atom stereocenters. The lowest BCUT2D eigenvalue weighted by Crippen LogP contribution is -2.41. The number of nitrogens with zero attached hydrogens (tertiary/aromatic N) is 2. The minimum atomic E-state index is -0.468. The Morgan fingerprint density at radius 2 is 2.00 bits per heavy atom. The molecule has 0 spiro atoms. The van der Waals surface area contributed by atoms with Gasteiger partial charge in [-0.2, -0.15) is 0 Å². The van der Waals surface area contributed by atoms with Gasteiger partial charge < -0.3 is 20.3 Å². The van der Waals surface area contributed by atoms with Crippen LogP contribution in [0.1, 0.15) is 38.2 Å². The highest BCUT2D eigenvalue weighted by Gasteiger charge is 2.17. The van der Waals surface area contributed by atoms with E-state index in [4.69, 9.17) is 0 Å². The van der Waals surface area contributed by atoms with E-state index in [1.165, 1.54) is 32.9 Å². The Morgan fingerprint density at radius 1 is 1.25 bits per heavy atom. The van der Waals surface area contributed by atoms with Crippen molar-refractivity contribution in [2.75, 3.05) is 39.1 Å². The van der Waals surface area contributed by atoms with Crippen LogP contribution in [0.4, 0.5) is 10.5 Å². The monoisotopic (exact) mass is 503 g/mol. The topological polar surface area (TPSA) is 78.0 Å². The summed E-state index contributed by atoms with van der Waals surface area (Å²) in [5.74, 6) is 0.804. The first-order chi connectivity index (χ1) is 13.1. The highest BCUT2D eigenvalue weighted by atomic mass is 127. The molecule has 8 heteroatoms. The third-order valence-corrected chi connectivity index (χ3v) is 4.92. The number of likely N-dealkylation sites (tertiary alicyclic amines) is 1. The smallest absolute Gasteiger partial charge is 0.411 e. The van der Waals surface area contributed by atoms with E-state index >= 15 is 0 Å². The Hall–Kier alpha value is -1.55. The Labute approximate surface area is 185 Å². The summed E-state index contributed by atoms with van der Waals surface area (Å²) in [5.41, 5.74) is 1.82. The second-order valence-corrected chi connectivity index (χ2v) is 6.90. The van der Waals surface area contributed by atoms with Gasteiger partial charge in [0, 0.05) is 38.4 Å². The van der Waals surface area contributed by atoms with Gasteiger partial charge in [0.25, 0.3) is 0 Å². The molecule has 0 saturated carbocycles. The van der Waals surface area contributed by atoms with Crippen molar-refractivity contribution >= 4 is 41.7 Å². The van der Waals surface area contributed by atoms with Gasteiger partial charge in [0.2, 0.25) is 0 Å². The number of piperidine rings is 1. The molecule has 1 aliphatic rings. The number of carbonyl (C=O) groups is 1. The largest absolute Gasteiger partial charge is 0.453 e. The fourth-order valence-corrected chi connectivity index (χ4v) is 3.26. The molecule has 1 heterocycles. The number of benzene rings is 1. The summed E-state index contributed by atoms with van der Waals surface area (Å²) in [6.45, 7) is 6.28. The van der Waals surface area contributed by atoms with Crippen LogP contribution in [-0.4, -0.2) is 56.8 Å². The van der Waals surface area contributed by atoms with Crippen molar-refractivity contribution in [2.24, 2.45) is 4.99 Å². The fourth-order valence-electron chi connectivity index (χ4n) is 3.26. The number of rotatable bonds is 7. The Balaban J connectivity index is 0.00000392. The van der Waals surface area contributed by atoms with Gasteiger partial charge in [-0.05, 0) is 50.4 Å². The van der Waals surface area contributed by atoms with Crippen LogP contribution in [0.5, 0.6) is 0 Å². The molecule has 0 radical (unpaired) electrons. The predicted octanol–water partition coefficient (Wildman–Crippen LogP) is 3.41. The van der Waals surface area contributed by atoms with Crippen molar-refractivity contribution in [3.05, 3.63) is 29.8 Å². The van der Waals surface area contributed by atoms with Crippen molar-refractivity contribution in [2.45, 2.75) is 45.2 Å². The van der Waals surface area contributed by atoms with Crippen molar-refractivity contribution < 1.29 is 9.53 Å². The summed E-state index contributed by atoms with van der Waals surface area (Å²) in [5, 5.41) is 9.33. The van der Waals surface area contributed by atoms with Crippen LogP contribution >= 0.6 is 24.0 Å². The molecule has 0 aromatic heterocycles. The van der Waals surface area contributed by atoms with Crippen molar-refractivity contribution in [1.29, 1.82) is 0 Å². The number of halogens is 1. The van der Waals surface area contributed by atoms with Gasteiger partial charge in [-0.15, -0.1) is 24.0 Å². The molecule has 1 aromatic carbocycles. The third-order valence-electron chi connectivity index (χ3n) is 4.92. The molecule has 158 valence electrons. The molecule has 0 aliphatic carbocycles. The molecular weight excluding hydrogens is 469 g/mol. The number of guanidine groups is 1. The Kier molecular flexibility index (Phi) is 11.9. The summed E-state index contributed by atoms with van der Waals surface area (Å²) in [6, 6.07) is 8.34. The minimum absolute atomic E-state index is 0. The second kappa shape index (κ2) is 13.6. The molecule has 28 heavy (non-hydrogen) atoms. The number of hydrogen-bond acceptors (Lipinski definition) is 4. The van der Waals surface area contributed by atoms with Crippen LogP contribution in [0.25, 0.3) is 0 Å². The van der Waals surface area contributed by atoms with Gasteiger partial charge in [0.15, 0.2) is 5.96 Å². The summed E-state index contributed by atoms with van der Waals surface area (Å²) in [7, 11) is 3.13. The summed E-state index contributed by atoms with van der Waals surface area (Å²) in [4.78, 5) is 18.1. The zero-order valence-electron chi connectivity index (χ0n) is 17.2. The van der Waals surface area contributed by atoms with Crippen molar-refractivity contribution in [3.8, 4) is 0 Å². The van der Waals surface area contributed by atoms with Crippen LogP contribution in [0.3, 0.4) is 0 Å². The molecule has 7 nitrogen and oxygen atoms in total. The van der Waals surface area contributed by atoms with Gasteiger partial charge in [-0.3, -0.25) is 10.3 Å². The summed E-state index contributed by atoms with van der Waals surface area (Å²) >= 11 is 0. The van der Waals surface area contributed by atoms with Crippen LogP contribution in [-0.2, 0) is 11.3 Å². The van der Waals surface area contributed by atoms with Gasteiger partial charge in [0.1, 0.15) is 0 Å². The number of hydrogen-bond donors (Lipinski definition) is 3. The highest BCUT2D eigenvalue weighted by Crippen LogP contribution is 2.16. The molecule has 1 atom stereocenters. The number of nitrogens with one attached hydrogen (secondary N) is 3. The molecule has 2 rings (SSSR count). The lowest BCUT2D eigenvalue weighted by Gasteiger charge is -2.33. The summed E-state index contributed by atoms with van der Waals surface area (Å²) in [6.07, 6.45) is 4.66. The highest BCUT2D eigenvalue weighted by molar-refractivity contribution is 14.0.